The number of halogens is 4. The van der Waals surface area contributed by atoms with E-state index in [0.29, 0.717) is 0 Å². The van der Waals surface area contributed by atoms with Crippen molar-refractivity contribution in [1.29, 1.82) is 0 Å². The fourth-order valence-electron chi connectivity index (χ4n) is 1.75. The van der Waals surface area contributed by atoms with Crippen molar-refractivity contribution in [2.24, 2.45) is 0 Å². The summed E-state index contributed by atoms with van der Waals surface area (Å²) in [5, 5.41) is 13.3. The van der Waals surface area contributed by atoms with E-state index in [-0.39, 0.29) is 12.6 Å². The summed E-state index contributed by atoms with van der Waals surface area (Å²) in [7, 11) is 1.43. The largest absolute Gasteiger partial charge is 0.481 e. The summed E-state index contributed by atoms with van der Waals surface area (Å²) < 4.78 is 57.4. The summed E-state index contributed by atoms with van der Waals surface area (Å²) in [5.41, 5.74) is 0. The highest BCUT2D eigenvalue weighted by atomic mass is 19.2. The SMILES string of the molecule is CNCC(=O)NC(CC(=O)O)C(=O)COc1c(F)c(F)cc(F)c1F. The van der Waals surface area contributed by atoms with Crippen molar-refractivity contribution >= 4 is 17.7 Å². The molecule has 25 heavy (non-hydrogen) atoms. The summed E-state index contributed by atoms with van der Waals surface area (Å²) in [6.07, 6.45) is -0.819. The Balaban J connectivity index is 2.87. The second-order valence-electron chi connectivity index (χ2n) is 4.80. The first-order valence-electron chi connectivity index (χ1n) is 6.81. The number of nitrogens with one attached hydrogen (secondary N) is 2. The molecule has 0 bridgehead atoms. The molecular formula is C14H14F4N2O5. The highest BCUT2D eigenvalue weighted by Crippen LogP contribution is 2.26. The number of rotatable bonds is 9. The highest BCUT2D eigenvalue weighted by Gasteiger charge is 2.26. The van der Waals surface area contributed by atoms with Gasteiger partial charge in [-0.2, -0.15) is 8.78 Å². The van der Waals surface area contributed by atoms with E-state index in [1.54, 1.807) is 0 Å². The van der Waals surface area contributed by atoms with Crippen LogP contribution in [0, 0.1) is 23.3 Å². The van der Waals surface area contributed by atoms with Crippen LogP contribution < -0.4 is 15.4 Å². The Kier molecular flexibility index (Phi) is 7.30. The Hall–Kier alpha value is -2.69. The van der Waals surface area contributed by atoms with Crippen LogP contribution in [-0.4, -0.2) is 49.0 Å². The number of likely N-dealkylation sites (N-methyl/N-ethyl adjacent to an activating group) is 1. The fraction of sp³-hybridized carbons (Fsp3) is 0.357. The number of carboxylic acid groups (broad SMARTS) is 1. The number of hydrogen-bond acceptors (Lipinski definition) is 5. The van der Waals surface area contributed by atoms with E-state index in [9.17, 15) is 31.9 Å². The maximum Gasteiger partial charge on any atom is 0.305 e. The molecule has 0 fully saturated rings. The smallest absolute Gasteiger partial charge is 0.305 e. The molecule has 1 rings (SSSR count). The number of benzene rings is 1. The van der Waals surface area contributed by atoms with Crippen molar-refractivity contribution in [2.75, 3.05) is 20.2 Å². The van der Waals surface area contributed by atoms with E-state index in [2.05, 4.69) is 15.4 Å². The van der Waals surface area contributed by atoms with Gasteiger partial charge < -0.3 is 20.5 Å². The van der Waals surface area contributed by atoms with Gasteiger partial charge in [0.1, 0.15) is 12.6 Å². The molecule has 11 heteroatoms. The topological polar surface area (TPSA) is 105 Å². The zero-order chi connectivity index (χ0) is 19.1. The van der Waals surface area contributed by atoms with Gasteiger partial charge in [-0.1, -0.05) is 0 Å². The second-order valence-corrected chi connectivity index (χ2v) is 4.80. The third-order valence-electron chi connectivity index (χ3n) is 2.87. The lowest BCUT2D eigenvalue weighted by Gasteiger charge is -2.16. The van der Waals surface area contributed by atoms with Gasteiger partial charge in [-0.25, -0.2) is 8.78 Å². The molecule has 7 nitrogen and oxygen atoms in total. The van der Waals surface area contributed by atoms with Crippen LogP contribution in [0.25, 0.3) is 0 Å². The van der Waals surface area contributed by atoms with Crippen molar-refractivity contribution in [2.45, 2.75) is 12.5 Å². The maximum absolute atomic E-state index is 13.4. The van der Waals surface area contributed by atoms with Crippen LogP contribution in [0.15, 0.2) is 6.07 Å². The predicted octanol–water partition coefficient (Wildman–Crippen LogP) is 0.370. The van der Waals surface area contributed by atoms with Crippen LogP contribution in [0.2, 0.25) is 0 Å². The van der Waals surface area contributed by atoms with Crippen LogP contribution in [0.4, 0.5) is 17.6 Å². The molecule has 0 aliphatic rings. The normalized spacial score (nSPS) is 11.7. The number of carboxylic acids is 1. The van der Waals surface area contributed by atoms with Crippen LogP contribution in [0.3, 0.4) is 0 Å². The molecule has 3 N–H and O–H groups in total. The van der Waals surface area contributed by atoms with Crippen LogP contribution in [0.5, 0.6) is 5.75 Å². The summed E-state index contributed by atoms with van der Waals surface area (Å²) in [6.45, 7) is -1.34. The van der Waals surface area contributed by atoms with Gasteiger partial charge >= 0.3 is 5.97 Å². The number of Topliss-reactive ketones (excluding diaryl/α,β-unsaturated/α-hetero) is 1. The molecule has 1 aromatic carbocycles. The van der Waals surface area contributed by atoms with E-state index < -0.39 is 65.7 Å². The third kappa shape index (κ3) is 5.71. The number of carbonyl (C=O) groups is 3. The molecule has 1 aromatic rings. The van der Waals surface area contributed by atoms with E-state index in [1.807, 2.05) is 0 Å². The minimum absolute atomic E-state index is 0.0372. The van der Waals surface area contributed by atoms with E-state index in [1.165, 1.54) is 7.05 Å². The Morgan fingerprint density at radius 2 is 1.72 bits per heavy atom. The molecule has 0 saturated heterocycles. The molecule has 0 aliphatic heterocycles. The van der Waals surface area contributed by atoms with Crippen LogP contribution in [-0.2, 0) is 14.4 Å². The van der Waals surface area contributed by atoms with Gasteiger partial charge in [0, 0.05) is 6.07 Å². The molecule has 0 aliphatic carbocycles. The molecule has 0 aromatic heterocycles. The first-order valence-corrected chi connectivity index (χ1v) is 6.81. The number of ketones is 1. The van der Waals surface area contributed by atoms with Gasteiger partial charge in [-0.3, -0.25) is 14.4 Å². The van der Waals surface area contributed by atoms with Gasteiger partial charge in [-0.15, -0.1) is 0 Å². The number of hydrogen-bond donors (Lipinski definition) is 3. The molecule has 138 valence electrons. The zero-order valence-corrected chi connectivity index (χ0v) is 12.9. The van der Waals surface area contributed by atoms with Crippen molar-refractivity contribution in [3.63, 3.8) is 0 Å². The predicted molar refractivity (Wildman–Crippen MR) is 74.9 cm³/mol. The average molecular weight is 366 g/mol. The van der Waals surface area contributed by atoms with Gasteiger partial charge in [0.05, 0.1) is 13.0 Å². The first kappa shape index (κ1) is 20.4. The van der Waals surface area contributed by atoms with Gasteiger partial charge in [0.2, 0.25) is 17.5 Å². The zero-order valence-electron chi connectivity index (χ0n) is 12.9. The number of aliphatic carboxylic acids is 1. The standard InChI is InChI=1S/C14H14F4N2O5/c1-19-4-10(22)20-8(3-11(23)24)9(21)5-25-14-12(17)6(15)2-7(16)13(14)18/h2,8,19H,3-5H2,1H3,(H,20,22)(H,23,24). The van der Waals surface area contributed by atoms with Crippen molar-refractivity contribution in [3.8, 4) is 5.75 Å². The Labute approximate surface area is 139 Å². The van der Waals surface area contributed by atoms with Crippen molar-refractivity contribution in [3.05, 3.63) is 29.3 Å². The molecule has 1 atom stereocenters. The van der Waals surface area contributed by atoms with Gasteiger partial charge in [0.25, 0.3) is 0 Å². The van der Waals surface area contributed by atoms with Gasteiger partial charge in [0.15, 0.2) is 23.2 Å². The first-order chi connectivity index (χ1) is 11.7. The molecule has 1 unspecified atom stereocenters. The minimum Gasteiger partial charge on any atom is -0.481 e. The lowest BCUT2D eigenvalue weighted by atomic mass is 10.1. The highest BCUT2D eigenvalue weighted by molar-refractivity contribution is 5.93. The molecule has 0 radical (unpaired) electrons. The molecule has 0 spiro atoms. The molecule has 0 heterocycles. The quantitative estimate of drug-likeness (QED) is 0.431. The summed E-state index contributed by atoms with van der Waals surface area (Å²) in [4.78, 5) is 34.1. The number of amides is 1. The van der Waals surface area contributed by atoms with E-state index >= 15 is 0 Å². The lowest BCUT2D eigenvalue weighted by Crippen LogP contribution is -2.46. The van der Waals surface area contributed by atoms with E-state index in [0.717, 1.165) is 0 Å². The average Bonchev–Trinajstić information content (AvgIpc) is 2.52. The molecule has 1 amide bonds. The van der Waals surface area contributed by atoms with Crippen molar-refractivity contribution < 1.29 is 41.8 Å². The number of carbonyl (C=O) groups excluding carboxylic acids is 2. The Bertz CT molecular complexity index is 657. The van der Waals surface area contributed by atoms with Crippen molar-refractivity contribution in [1.82, 2.24) is 10.6 Å². The van der Waals surface area contributed by atoms with Crippen LogP contribution >= 0.6 is 0 Å². The monoisotopic (exact) mass is 366 g/mol. The van der Waals surface area contributed by atoms with Gasteiger partial charge in [-0.05, 0) is 7.05 Å². The fourth-order valence-corrected chi connectivity index (χ4v) is 1.75. The van der Waals surface area contributed by atoms with Crippen LogP contribution in [0.1, 0.15) is 6.42 Å². The summed E-state index contributed by atoms with van der Waals surface area (Å²) in [6, 6.07) is -1.59. The second kappa shape index (κ2) is 8.97. The minimum atomic E-state index is -1.85. The third-order valence-corrected chi connectivity index (χ3v) is 2.87. The Morgan fingerprint density at radius 3 is 2.20 bits per heavy atom. The maximum atomic E-state index is 13.4. The molecular weight excluding hydrogens is 352 g/mol. The summed E-state index contributed by atoms with van der Waals surface area (Å²) in [5.74, 6) is -11.8. The summed E-state index contributed by atoms with van der Waals surface area (Å²) >= 11 is 0. The lowest BCUT2D eigenvalue weighted by molar-refractivity contribution is -0.140. The van der Waals surface area contributed by atoms with E-state index in [4.69, 9.17) is 5.11 Å². The molecule has 0 saturated carbocycles. The Morgan fingerprint density at radius 1 is 1.16 bits per heavy atom. The number of ether oxygens (including phenoxy) is 1.